The maximum atomic E-state index is 10.1. The molecule has 0 aromatic rings. The minimum absolute atomic E-state index is 0. The molecule has 1 N–H and O–H groups in total. The van der Waals surface area contributed by atoms with Crippen molar-refractivity contribution in [2.24, 2.45) is 4.40 Å². The summed E-state index contributed by atoms with van der Waals surface area (Å²) in [7, 11) is 0. The van der Waals surface area contributed by atoms with Crippen molar-refractivity contribution in [1.82, 2.24) is 5.48 Å². The molecule has 4 nitrogen and oxygen atoms in total. The third-order valence-corrected chi connectivity index (χ3v) is 1.12. The Bertz CT molecular complexity index is 139. The Morgan fingerprint density at radius 3 is 2.44 bits per heavy atom. The van der Waals surface area contributed by atoms with Crippen LogP contribution in [0, 0.1) is 0 Å². The lowest BCUT2D eigenvalue weighted by atomic mass is 10.7. The van der Waals surface area contributed by atoms with Crippen molar-refractivity contribution in [2.75, 3.05) is 0 Å². The van der Waals surface area contributed by atoms with Gasteiger partial charge in [0.1, 0.15) is 5.84 Å². The molecule has 56 valence electrons. The van der Waals surface area contributed by atoms with Crippen molar-refractivity contribution in [3.05, 3.63) is 0 Å². The van der Waals surface area contributed by atoms with Crippen LogP contribution in [-0.2, 0) is 15.6 Å². The van der Waals surface area contributed by atoms with Gasteiger partial charge in [0.15, 0.2) is 0 Å². The van der Waals surface area contributed by atoms with Gasteiger partial charge in [0.2, 0.25) is 0 Å². The van der Waals surface area contributed by atoms with Gasteiger partial charge in [-0.15, -0.1) is 4.40 Å². The molecule has 5 heteroatoms. The predicted octanol–water partition coefficient (Wildman–Crippen LogP) is 0.790. The van der Waals surface area contributed by atoms with Crippen LogP contribution in [0.1, 0.15) is 22.2 Å². The molecule has 1 unspecified atom stereocenters. The minimum Gasteiger partial charge on any atom is -0.235 e. The molecule has 0 amide bonds. The first-order valence-corrected chi connectivity index (χ1v) is 3.73. The number of hydrogen-bond donors (Lipinski definition) is 1. The summed E-state index contributed by atoms with van der Waals surface area (Å²) in [6.07, 6.45) is 0. The Morgan fingerprint density at radius 2 is 2.33 bits per heavy atom. The summed E-state index contributed by atoms with van der Waals surface area (Å²) in [5.74, 6) is 0.554. The first-order valence-electron chi connectivity index (χ1n) is 2.69. The van der Waals surface area contributed by atoms with Crippen LogP contribution in [0.15, 0.2) is 4.40 Å². The molecule has 0 aliphatic carbocycles. The van der Waals surface area contributed by atoms with E-state index in [9.17, 15) is 4.21 Å². The van der Waals surface area contributed by atoms with Crippen LogP contribution in [-0.4, -0.2) is 10.0 Å². The Hall–Kier alpha value is -0.420. The zero-order chi connectivity index (χ0) is 7.28. The van der Waals surface area contributed by atoms with E-state index in [0.717, 1.165) is 0 Å². The summed E-state index contributed by atoms with van der Waals surface area (Å²) < 4.78 is 17.8. The summed E-state index contributed by atoms with van der Waals surface area (Å²) in [4.78, 5) is 0. The van der Waals surface area contributed by atoms with Gasteiger partial charge in [0.25, 0.3) is 0 Å². The maximum Gasteiger partial charge on any atom is 0.309 e. The highest BCUT2D eigenvalue weighted by Gasteiger charge is 2.05. The molecule has 1 aliphatic rings. The Morgan fingerprint density at radius 1 is 1.78 bits per heavy atom. The van der Waals surface area contributed by atoms with Gasteiger partial charge in [-0.1, -0.05) is 13.8 Å². The summed E-state index contributed by atoms with van der Waals surface area (Å²) in [6, 6.07) is 0. The first kappa shape index (κ1) is 8.58. The van der Waals surface area contributed by atoms with Crippen LogP contribution in [0.4, 0.5) is 0 Å². The fourth-order valence-electron chi connectivity index (χ4n) is 0.245. The lowest BCUT2D eigenvalue weighted by Gasteiger charge is -1.83. The molecule has 0 fully saturated rings. The normalized spacial score (nSPS) is 23.4. The van der Waals surface area contributed by atoms with Gasteiger partial charge < -0.3 is 0 Å². The largest absolute Gasteiger partial charge is 0.309 e. The van der Waals surface area contributed by atoms with Gasteiger partial charge in [-0.2, -0.15) is 4.28 Å². The molecule has 0 saturated carbocycles. The Balaban J connectivity index is 0. The zero-order valence-electron chi connectivity index (χ0n) is 5.67. The molecule has 0 bridgehead atoms. The molecule has 1 rings (SSSR count). The SMILES string of the molecule is CC.CC1=NS(=O)ON1.[HH]. The number of rotatable bonds is 0. The van der Waals surface area contributed by atoms with E-state index in [2.05, 4.69) is 14.2 Å². The second kappa shape index (κ2) is 4.46. The van der Waals surface area contributed by atoms with E-state index in [0.29, 0.717) is 5.84 Å². The first-order chi connectivity index (χ1) is 4.29. The summed E-state index contributed by atoms with van der Waals surface area (Å²) in [5.41, 5.74) is 2.32. The highest BCUT2D eigenvalue weighted by atomic mass is 32.2. The monoisotopic (exact) mass is 152 g/mol. The number of amidine groups is 1. The average molecular weight is 152 g/mol. The van der Waals surface area contributed by atoms with Crippen molar-refractivity contribution in [1.29, 1.82) is 0 Å². The second-order valence-electron chi connectivity index (χ2n) is 1.08. The summed E-state index contributed by atoms with van der Waals surface area (Å²) in [6.45, 7) is 5.67. The minimum atomic E-state index is -1.48. The van der Waals surface area contributed by atoms with Crippen molar-refractivity contribution >= 4 is 17.1 Å². The second-order valence-corrected chi connectivity index (χ2v) is 1.86. The number of nitrogens with one attached hydrogen (secondary N) is 1. The molecule has 1 atom stereocenters. The smallest absolute Gasteiger partial charge is 0.235 e. The average Bonchev–Trinajstić information content (AvgIpc) is 2.20. The lowest BCUT2D eigenvalue weighted by Crippen LogP contribution is -2.11. The van der Waals surface area contributed by atoms with Gasteiger partial charge in [0, 0.05) is 1.43 Å². The number of nitrogens with zero attached hydrogens (tertiary/aromatic N) is 1. The highest BCUT2D eigenvalue weighted by molar-refractivity contribution is 7.79. The number of hydroxylamine groups is 1. The van der Waals surface area contributed by atoms with Gasteiger partial charge in [-0.25, -0.2) is 9.69 Å². The lowest BCUT2D eigenvalue weighted by molar-refractivity contribution is 0.304. The highest BCUT2D eigenvalue weighted by Crippen LogP contribution is 1.91. The standard InChI is InChI=1S/C2H4N2O2S.C2H6.H2/c1-2-3-6-7(5)4-2;1-2;/h1H3,(H,3,4);1-2H3;1H. The van der Waals surface area contributed by atoms with Crippen LogP contribution < -0.4 is 5.48 Å². The van der Waals surface area contributed by atoms with Gasteiger partial charge in [-0.05, 0) is 6.92 Å². The van der Waals surface area contributed by atoms with Crippen molar-refractivity contribution in [2.45, 2.75) is 20.8 Å². The molecular weight excluding hydrogens is 140 g/mol. The predicted molar refractivity (Wildman–Crippen MR) is 38.9 cm³/mol. The summed E-state index contributed by atoms with van der Waals surface area (Å²) in [5, 5.41) is 0. The van der Waals surface area contributed by atoms with Crippen LogP contribution in [0.2, 0.25) is 0 Å². The van der Waals surface area contributed by atoms with E-state index in [1.165, 1.54) is 0 Å². The Kier molecular flexibility index (Phi) is 4.25. The maximum absolute atomic E-state index is 10.1. The molecular formula is C4H12N2O2S. The van der Waals surface area contributed by atoms with E-state index in [4.69, 9.17) is 0 Å². The molecule has 9 heavy (non-hydrogen) atoms. The van der Waals surface area contributed by atoms with Crippen LogP contribution >= 0.6 is 0 Å². The van der Waals surface area contributed by atoms with Gasteiger partial charge in [-0.3, -0.25) is 0 Å². The molecule has 0 aromatic carbocycles. The van der Waals surface area contributed by atoms with Crippen LogP contribution in [0.5, 0.6) is 0 Å². The third kappa shape index (κ3) is 3.21. The van der Waals surface area contributed by atoms with Crippen LogP contribution in [0.3, 0.4) is 0 Å². The fraction of sp³-hybridized carbons (Fsp3) is 0.750. The molecule has 0 radical (unpaired) electrons. The van der Waals surface area contributed by atoms with E-state index in [1.54, 1.807) is 6.92 Å². The number of hydrogen-bond acceptors (Lipinski definition) is 3. The van der Waals surface area contributed by atoms with E-state index >= 15 is 0 Å². The molecule has 1 heterocycles. The quantitative estimate of drug-likeness (QED) is 0.558. The Labute approximate surface area is 58.6 Å². The molecule has 0 aromatic heterocycles. The van der Waals surface area contributed by atoms with Gasteiger partial charge in [0.05, 0.1) is 0 Å². The van der Waals surface area contributed by atoms with E-state index in [1.807, 2.05) is 13.8 Å². The molecule has 1 aliphatic heterocycles. The third-order valence-electron chi connectivity index (χ3n) is 0.472. The molecule has 0 saturated heterocycles. The van der Waals surface area contributed by atoms with E-state index < -0.39 is 11.3 Å². The van der Waals surface area contributed by atoms with Crippen LogP contribution in [0.25, 0.3) is 0 Å². The van der Waals surface area contributed by atoms with E-state index in [-0.39, 0.29) is 1.43 Å². The zero-order valence-corrected chi connectivity index (χ0v) is 6.49. The molecule has 0 spiro atoms. The summed E-state index contributed by atoms with van der Waals surface area (Å²) >= 11 is -1.48. The van der Waals surface area contributed by atoms with Crippen molar-refractivity contribution in [3.8, 4) is 0 Å². The van der Waals surface area contributed by atoms with Crippen molar-refractivity contribution < 1.29 is 9.92 Å². The van der Waals surface area contributed by atoms with Crippen molar-refractivity contribution in [3.63, 3.8) is 0 Å². The fourth-order valence-corrected chi connectivity index (χ4v) is 0.735. The topological polar surface area (TPSA) is 50.7 Å². The van der Waals surface area contributed by atoms with Gasteiger partial charge >= 0.3 is 11.3 Å².